The van der Waals surface area contributed by atoms with Crippen molar-refractivity contribution in [2.45, 2.75) is 6.42 Å². The number of urea groups is 1. The van der Waals surface area contributed by atoms with Crippen LogP contribution in [0.15, 0.2) is 36.9 Å². The van der Waals surface area contributed by atoms with E-state index in [1.807, 2.05) is 6.08 Å². The Kier molecular flexibility index (Phi) is 7.27. The molecule has 0 saturated carbocycles. The smallest absolute Gasteiger partial charge is 0.319 e. The van der Waals surface area contributed by atoms with Gasteiger partial charge in [-0.3, -0.25) is 4.79 Å². The molecule has 0 aliphatic heterocycles. The minimum atomic E-state index is -0.875. The number of amides is 2. The van der Waals surface area contributed by atoms with E-state index in [1.165, 1.54) is 0 Å². The number of rotatable bonds is 8. The van der Waals surface area contributed by atoms with Crippen LogP contribution in [0.4, 0.5) is 10.5 Å². The van der Waals surface area contributed by atoms with Crippen LogP contribution in [-0.4, -0.2) is 35.2 Å². The Labute approximate surface area is 122 Å². The average molecular weight is 294 g/mol. The molecule has 0 unspecified atom stereocenters. The second kappa shape index (κ2) is 9.03. The van der Waals surface area contributed by atoms with Crippen molar-refractivity contribution in [1.82, 2.24) is 5.32 Å². The lowest BCUT2D eigenvalue weighted by molar-refractivity contribution is -0.136. The lowest BCUT2D eigenvalue weighted by Gasteiger charge is -2.07. The summed E-state index contributed by atoms with van der Waals surface area (Å²) in [4.78, 5) is 22.1. The fourth-order valence-corrected chi connectivity index (χ4v) is 2.04. The van der Waals surface area contributed by atoms with Crippen LogP contribution in [0.1, 0.15) is 5.56 Å². The summed E-state index contributed by atoms with van der Waals surface area (Å²) in [5.74, 6) is 0.825. The quantitative estimate of drug-likeness (QED) is 0.508. The topological polar surface area (TPSA) is 78.4 Å². The van der Waals surface area contributed by atoms with Crippen molar-refractivity contribution >= 4 is 29.4 Å². The highest BCUT2D eigenvalue weighted by Gasteiger charge is 2.03. The van der Waals surface area contributed by atoms with Gasteiger partial charge >= 0.3 is 12.0 Å². The highest BCUT2D eigenvalue weighted by atomic mass is 32.2. The van der Waals surface area contributed by atoms with E-state index in [1.54, 1.807) is 36.0 Å². The van der Waals surface area contributed by atoms with Crippen molar-refractivity contribution < 1.29 is 14.7 Å². The number of carboxylic acids is 1. The Morgan fingerprint density at radius 1 is 1.30 bits per heavy atom. The highest BCUT2D eigenvalue weighted by Crippen LogP contribution is 2.10. The van der Waals surface area contributed by atoms with Crippen LogP contribution >= 0.6 is 11.8 Å². The Morgan fingerprint density at radius 3 is 2.60 bits per heavy atom. The van der Waals surface area contributed by atoms with Gasteiger partial charge in [-0.15, -0.1) is 6.58 Å². The molecule has 1 aromatic carbocycles. The maximum Gasteiger partial charge on any atom is 0.319 e. The van der Waals surface area contributed by atoms with Crippen molar-refractivity contribution in [2.75, 3.05) is 23.4 Å². The van der Waals surface area contributed by atoms with Crippen LogP contribution in [0.25, 0.3) is 0 Å². The van der Waals surface area contributed by atoms with Gasteiger partial charge in [0.25, 0.3) is 0 Å². The van der Waals surface area contributed by atoms with Gasteiger partial charge in [-0.1, -0.05) is 18.2 Å². The number of aliphatic carboxylic acids is 1. The molecule has 1 rings (SSSR count). The van der Waals surface area contributed by atoms with Crippen LogP contribution in [-0.2, 0) is 11.2 Å². The van der Waals surface area contributed by atoms with Crippen LogP contribution in [0.2, 0.25) is 0 Å². The van der Waals surface area contributed by atoms with Gasteiger partial charge in [0.15, 0.2) is 0 Å². The van der Waals surface area contributed by atoms with Crippen molar-refractivity contribution in [3.05, 3.63) is 42.5 Å². The molecule has 0 atom stereocenters. The summed E-state index contributed by atoms with van der Waals surface area (Å²) in [6.07, 6.45) is 1.80. The number of carboxylic acid groups (broad SMARTS) is 1. The molecule has 20 heavy (non-hydrogen) atoms. The van der Waals surface area contributed by atoms with Gasteiger partial charge in [-0.25, -0.2) is 4.79 Å². The maximum atomic E-state index is 11.6. The molecule has 108 valence electrons. The molecule has 0 heterocycles. The predicted molar refractivity (Wildman–Crippen MR) is 82.3 cm³/mol. The first-order valence-electron chi connectivity index (χ1n) is 6.16. The molecule has 5 nitrogen and oxygen atoms in total. The Balaban J connectivity index is 2.31. The van der Waals surface area contributed by atoms with Gasteiger partial charge in [-0.05, 0) is 17.7 Å². The van der Waals surface area contributed by atoms with E-state index in [0.29, 0.717) is 17.8 Å². The van der Waals surface area contributed by atoms with E-state index < -0.39 is 5.97 Å². The first-order chi connectivity index (χ1) is 9.61. The SMILES string of the molecule is C=CCSCCNC(=O)Nc1ccc(CC(=O)O)cc1. The molecule has 0 radical (unpaired) electrons. The highest BCUT2D eigenvalue weighted by molar-refractivity contribution is 7.99. The summed E-state index contributed by atoms with van der Waals surface area (Å²) in [6, 6.07) is 6.47. The molecule has 0 bridgehead atoms. The third kappa shape index (κ3) is 6.84. The molecule has 0 aliphatic carbocycles. The standard InChI is InChI=1S/C14H18N2O3S/c1-2-8-20-9-7-15-14(19)16-12-5-3-11(4-6-12)10-13(17)18/h2-6H,1,7-10H2,(H,17,18)(H2,15,16,19). The van der Waals surface area contributed by atoms with E-state index in [2.05, 4.69) is 17.2 Å². The normalized spacial score (nSPS) is 9.80. The van der Waals surface area contributed by atoms with Crippen molar-refractivity contribution in [3.63, 3.8) is 0 Å². The molecule has 0 spiro atoms. The molecule has 0 aliphatic rings. The van der Waals surface area contributed by atoms with Gasteiger partial charge in [0.05, 0.1) is 6.42 Å². The minimum Gasteiger partial charge on any atom is -0.481 e. The lowest BCUT2D eigenvalue weighted by Crippen LogP contribution is -2.30. The molecule has 2 amide bonds. The average Bonchev–Trinajstić information content (AvgIpc) is 2.40. The number of anilines is 1. The van der Waals surface area contributed by atoms with E-state index in [9.17, 15) is 9.59 Å². The summed E-state index contributed by atoms with van der Waals surface area (Å²) in [6.45, 7) is 4.20. The first kappa shape index (κ1) is 16.1. The third-order valence-corrected chi connectivity index (χ3v) is 3.30. The first-order valence-corrected chi connectivity index (χ1v) is 7.31. The molecule has 0 saturated heterocycles. The zero-order valence-corrected chi connectivity index (χ0v) is 11.9. The van der Waals surface area contributed by atoms with Gasteiger partial charge in [0.2, 0.25) is 0 Å². The number of carbonyl (C=O) groups excluding carboxylic acids is 1. The van der Waals surface area contributed by atoms with Crippen molar-refractivity contribution in [3.8, 4) is 0 Å². The largest absolute Gasteiger partial charge is 0.481 e. The van der Waals surface area contributed by atoms with Crippen LogP contribution < -0.4 is 10.6 Å². The Bertz CT molecular complexity index is 460. The van der Waals surface area contributed by atoms with Gasteiger partial charge in [0.1, 0.15) is 0 Å². The van der Waals surface area contributed by atoms with E-state index in [-0.39, 0.29) is 12.5 Å². The molecule has 3 N–H and O–H groups in total. The van der Waals surface area contributed by atoms with Crippen molar-refractivity contribution in [2.24, 2.45) is 0 Å². The van der Waals surface area contributed by atoms with Crippen molar-refractivity contribution in [1.29, 1.82) is 0 Å². The fraction of sp³-hybridized carbons (Fsp3) is 0.286. The van der Waals surface area contributed by atoms with E-state index >= 15 is 0 Å². The zero-order chi connectivity index (χ0) is 14.8. The number of thioether (sulfide) groups is 1. The van der Waals surface area contributed by atoms with Crippen LogP contribution in [0, 0.1) is 0 Å². The number of carbonyl (C=O) groups is 2. The van der Waals surface area contributed by atoms with Gasteiger partial charge in [-0.2, -0.15) is 11.8 Å². The second-order valence-corrected chi connectivity index (χ2v) is 5.16. The Hall–Kier alpha value is -1.95. The molecule has 1 aromatic rings. The fourth-order valence-electron chi connectivity index (χ4n) is 1.46. The second-order valence-electron chi connectivity index (χ2n) is 4.01. The van der Waals surface area contributed by atoms with Crippen LogP contribution in [0.3, 0.4) is 0 Å². The Morgan fingerprint density at radius 2 is 2.00 bits per heavy atom. The number of hydrogen-bond acceptors (Lipinski definition) is 3. The summed E-state index contributed by atoms with van der Waals surface area (Å²) >= 11 is 1.69. The monoisotopic (exact) mass is 294 g/mol. The molecular formula is C14H18N2O3S. The molecule has 0 fully saturated rings. The zero-order valence-electron chi connectivity index (χ0n) is 11.1. The maximum absolute atomic E-state index is 11.6. The summed E-state index contributed by atoms with van der Waals surface area (Å²) in [5, 5.41) is 14.1. The molecular weight excluding hydrogens is 276 g/mol. The van der Waals surface area contributed by atoms with E-state index in [4.69, 9.17) is 5.11 Å². The summed E-state index contributed by atoms with van der Waals surface area (Å²) in [7, 11) is 0. The predicted octanol–water partition coefficient (Wildman–Crippen LogP) is 2.35. The number of benzene rings is 1. The third-order valence-electron chi connectivity index (χ3n) is 2.33. The molecule has 0 aromatic heterocycles. The number of hydrogen-bond donors (Lipinski definition) is 3. The minimum absolute atomic E-state index is 0.0208. The van der Waals surface area contributed by atoms with Crippen LogP contribution in [0.5, 0.6) is 0 Å². The number of nitrogens with one attached hydrogen (secondary N) is 2. The summed E-state index contributed by atoms with van der Waals surface area (Å²) < 4.78 is 0. The van der Waals surface area contributed by atoms with Gasteiger partial charge in [0, 0.05) is 23.7 Å². The lowest BCUT2D eigenvalue weighted by atomic mass is 10.1. The van der Waals surface area contributed by atoms with E-state index in [0.717, 1.165) is 11.5 Å². The molecule has 6 heteroatoms. The summed E-state index contributed by atoms with van der Waals surface area (Å²) in [5.41, 5.74) is 1.33. The van der Waals surface area contributed by atoms with Gasteiger partial charge < -0.3 is 15.7 Å².